The van der Waals surface area contributed by atoms with Crippen molar-refractivity contribution in [1.29, 1.82) is 0 Å². The first-order chi connectivity index (χ1) is 11.3. The van der Waals surface area contributed by atoms with Crippen LogP contribution in [0.25, 0.3) is 0 Å². The van der Waals surface area contributed by atoms with Crippen molar-refractivity contribution in [3.8, 4) is 0 Å². The van der Waals surface area contributed by atoms with Crippen LogP contribution in [-0.4, -0.2) is 41.2 Å². The monoisotopic (exact) mass is 331 g/mol. The number of pyridine rings is 1. The fraction of sp³-hybridized carbons (Fsp3) is 0.684. The number of rotatable bonds is 3. The van der Waals surface area contributed by atoms with Gasteiger partial charge in [-0.2, -0.15) is 0 Å². The lowest BCUT2D eigenvalue weighted by atomic mass is 9.91. The Kier molecular flexibility index (Phi) is 4.81. The number of likely N-dealkylation sites (tertiary alicyclic amines) is 1. The molecule has 0 N–H and O–H groups in total. The molecule has 0 spiro atoms. The average molecular weight is 331 g/mol. The molecule has 0 bridgehead atoms. The third-order valence-electron chi connectivity index (χ3n) is 4.95. The van der Waals surface area contributed by atoms with Crippen molar-refractivity contribution in [2.24, 2.45) is 0 Å². The van der Waals surface area contributed by atoms with Crippen molar-refractivity contribution in [2.75, 3.05) is 18.5 Å². The highest BCUT2D eigenvalue weighted by atomic mass is 16.6. The van der Waals surface area contributed by atoms with E-state index in [1.165, 1.54) is 18.4 Å². The second-order valence-corrected chi connectivity index (χ2v) is 8.02. The summed E-state index contributed by atoms with van der Waals surface area (Å²) in [6.45, 7) is 6.83. The molecule has 1 atom stereocenters. The standard InChI is InChI=1S/C19H29N3O2/c1-19(2,3)24-18(23)22(15-7-5-8-15)17-11-10-14(13-20-17)16-9-6-12-21(16)4/h10-11,13,15-16H,5-9,12H2,1-4H3/t16-/m0/s1. The second kappa shape index (κ2) is 6.71. The lowest BCUT2D eigenvalue weighted by molar-refractivity contribution is 0.0548. The molecule has 1 amide bonds. The minimum absolute atomic E-state index is 0.215. The highest BCUT2D eigenvalue weighted by Crippen LogP contribution is 2.33. The Morgan fingerprint density at radius 3 is 2.46 bits per heavy atom. The van der Waals surface area contributed by atoms with Gasteiger partial charge in [0.25, 0.3) is 0 Å². The normalized spacial score (nSPS) is 22.2. The highest BCUT2D eigenvalue weighted by Gasteiger charge is 2.34. The zero-order valence-electron chi connectivity index (χ0n) is 15.3. The van der Waals surface area contributed by atoms with Crippen molar-refractivity contribution in [2.45, 2.75) is 70.6 Å². The van der Waals surface area contributed by atoms with E-state index in [0.29, 0.717) is 11.9 Å². The van der Waals surface area contributed by atoms with Crippen LogP contribution in [0.15, 0.2) is 18.3 Å². The van der Waals surface area contributed by atoms with E-state index >= 15 is 0 Å². The maximum absolute atomic E-state index is 12.6. The lowest BCUT2D eigenvalue weighted by Crippen LogP contribution is -2.47. The number of hydrogen-bond acceptors (Lipinski definition) is 4. The SMILES string of the molecule is CN1CCC[C@H]1c1ccc(N(C(=O)OC(C)(C)C)C2CCC2)nc1. The molecular weight excluding hydrogens is 302 g/mol. The van der Waals surface area contributed by atoms with E-state index in [9.17, 15) is 4.79 Å². The van der Waals surface area contributed by atoms with Crippen LogP contribution in [0.3, 0.4) is 0 Å². The first-order valence-corrected chi connectivity index (χ1v) is 9.03. The van der Waals surface area contributed by atoms with Gasteiger partial charge in [-0.05, 0) is 78.1 Å². The Balaban J connectivity index is 1.78. The lowest BCUT2D eigenvalue weighted by Gasteiger charge is -2.37. The Hall–Kier alpha value is -1.62. The molecule has 2 aliphatic rings. The molecule has 3 rings (SSSR count). The molecular formula is C19H29N3O2. The molecule has 0 aromatic carbocycles. The van der Waals surface area contributed by atoms with E-state index in [0.717, 1.165) is 25.8 Å². The largest absolute Gasteiger partial charge is 0.443 e. The summed E-state index contributed by atoms with van der Waals surface area (Å²) in [5.41, 5.74) is 0.738. The van der Waals surface area contributed by atoms with Crippen molar-refractivity contribution >= 4 is 11.9 Å². The van der Waals surface area contributed by atoms with Gasteiger partial charge in [0.1, 0.15) is 11.4 Å². The minimum Gasteiger partial charge on any atom is -0.443 e. The second-order valence-electron chi connectivity index (χ2n) is 8.02. The smallest absolute Gasteiger partial charge is 0.416 e. The number of carbonyl (C=O) groups excluding carboxylic acids is 1. The van der Waals surface area contributed by atoms with E-state index in [1.807, 2.05) is 33.0 Å². The molecule has 1 aliphatic carbocycles. The Morgan fingerprint density at radius 2 is 2.00 bits per heavy atom. The number of hydrogen-bond donors (Lipinski definition) is 0. The molecule has 5 heteroatoms. The molecule has 2 heterocycles. The van der Waals surface area contributed by atoms with Crippen molar-refractivity contribution in [3.05, 3.63) is 23.9 Å². The van der Waals surface area contributed by atoms with Gasteiger partial charge in [-0.15, -0.1) is 0 Å². The Morgan fingerprint density at radius 1 is 1.25 bits per heavy atom. The molecule has 2 fully saturated rings. The van der Waals surface area contributed by atoms with E-state index < -0.39 is 5.60 Å². The molecule has 1 aliphatic heterocycles. The fourth-order valence-corrected chi connectivity index (χ4v) is 3.45. The number of aromatic nitrogens is 1. The first kappa shape index (κ1) is 17.2. The van der Waals surface area contributed by atoms with E-state index in [1.54, 1.807) is 4.90 Å². The van der Waals surface area contributed by atoms with Crippen LogP contribution in [0, 0.1) is 0 Å². The van der Waals surface area contributed by atoms with E-state index in [2.05, 4.69) is 23.0 Å². The van der Waals surface area contributed by atoms with E-state index in [4.69, 9.17) is 4.74 Å². The molecule has 132 valence electrons. The summed E-state index contributed by atoms with van der Waals surface area (Å²) in [5.74, 6) is 0.707. The van der Waals surface area contributed by atoms with Crippen LogP contribution in [0.2, 0.25) is 0 Å². The first-order valence-electron chi connectivity index (χ1n) is 9.03. The van der Waals surface area contributed by atoms with E-state index in [-0.39, 0.29) is 12.1 Å². The molecule has 0 radical (unpaired) electrons. The van der Waals surface area contributed by atoms with Crippen LogP contribution < -0.4 is 4.90 Å². The zero-order valence-corrected chi connectivity index (χ0v) is 15.3. The molecule has 1 saturated heterocycles. The molecule has 1 aromatic rings. The third kappa shape index (κ3) is 3.72. The van der Waals surface area contributed by atoms with Crippen molar-refractivity contribution in [3.63, 3.8) is 0 Å². The Labute approximate surface area is 145 Å². The Bertz CT molecular complexity index is 575. The summed E-state index contributed by atoms with van der Waals surface area (Å²) >= 11 is 0. The minimum atomic E-state index is -0.494. The summed E-state index contributed by atoms with van der Waals surface area (Å²) < 4.78 is 5.60. The zero-order chi connectivity index (χ0) is 17.3. The summed E-state index contributed by atoms with van der Waals surface area (Å²) in [6.07, 6.45) is 7.25. The van der Waals surface area contributed by atoms with Gasteiger partial charge in [0, 0.05) is 18.3 Å². The summed E-state index contributed by atoms with van der Waals surface area (Å²) in [7, 11) is 2.16. The van der Waals surface area contributed by atoms with Crippen LogP contribution in [0.4, 0.5) is 10.6 Å². The van der Waals surface area contributed by atoms with Crippen LogP contribution in [-0.2, 0) is 4.74 Å². The van der Waals surface area contributed by atoms with Gasteiger partial charge in [-0.3, -0.25) is 9.80 Å². The number of carbonyl (C=O) groups is 1. The predicted octanol–water partition coefficient (Wildman–Crippen LogP) is 4.14. The van der Waals surface area contributed by atoms with Crippen LogP contribution >= 0.6 is 0 Å². The summed E-state index contributed by atoms with van der Waals surface area (Å²) in [6, 6.07) is 4.76. The number of amides is 1. The molecule has 0 unspecified atom stereocenters. The van der Waals surface area contributed by atoms with Crippen molar-refractivity contribution < 1.29 is 9.53 Å². The maximum Gasteiger partial charge on any atom is 0.416 e. The van der Waals surface area contributed by atoms with Crippen LogP contribution in [0.5, 0.6) is 0 Å². The summed E-state index contributed by atoms with van der Waals surface area (Å²) in [4.78, 5) is 21.4. The molecule has 1 saturated carbocycles. The van der Waals surface area contributed by atoms with Gasteiger partial charge in [0.2, 0.25) is 0 Å². The fourth-order valence-electron chi connectivity index (χ4n) is 3.45. The number of ether oxygens (including phenoxy) is 1. The molecule has 24 heavy (non-hydrogen) atoms. The topological polar surface area (TPSA) is 45.7 Å². The molecule has 5 nitrogen and oxygen atoms in total. The van der Waals surface area contributed by atoms with Gasteiger partial charge < -0.3 is 4.74 Å². The third-order valence-corrected chi connectivity index (χ3v) is 4.95. The average Bonchev–Trinajstić information content (AvgIpc) is 2.87. The van der Waals surface area contributed by atoms with Crippen LogP contribution in [0.1, 0.15) is 64.5 Å². The quantitative estimate of drug-likeness (QED) is 0.835. The number of nitrogens with zero attached hydrogens (tertiary/aromatic N) is 3. The summed E-state index contributed by atoms with van der Waals surface area (Å²) in [5, 5.41) is 0. The number of anilines is 1. The highest BCUT2D eigenvalue weighted by molar-refractivity contribution is 5.87. The maximum atomic E-state index is 12.6. The van der Waals surface area contributed by atoms with Gasteiger partial charge in [0.15, 0.2) is 0 Å². The molecule has 1 aromatic heterocycles. The van der Waals surface area contributed by atoms with Gasteiger partial charge in [-0.25, -0.2) is 9.78 Å². The van der Waals surface area contributed by atoms with Gasteiger partial charge in [0.05, 0.1) is 0 Å². The van der Waals surface area contributed by atoms with Gasteiger partial charge in [-0.1, -0.05) is 6.07 Å². The van der Waals surface area contributed by atoms with Gasteiger partial charge >= 0.3 is 6.09 Å². The predicted molar refractivity (Wildman–Crippen MR) is 95.2 cm³/mol. The van der Waals surface area contributed by atoms with Crippen molar-refractivity contribution in [1.82, 2.24) is 9.88 Å².